The van der Waals surface area contributed by atoms with Crippen LogP contribution in [-0.2, 0) is 26.5 Å². The molecular weight excluding hydrogens is 252 g/mol. The predicted octanol–water partition coefficient (Wildman–Crippen LogP) is 1.52. The molecule has 1 aliphatic carbocycles. The number of hydrogen-bond acceptors (Lipinski definition) is 3. The van der Waals surface area contributed by atoms with Crippen LogP contribution in [0.5, 0.6) is 0 Å². The smallest absolute Gasteiger partial charge is 0.304 e. The topological polar surface area (TPSA) is 71.4 Å². The molecule has 1 N–H and O–H groups in total. The van der Waals surface area contributed by atoms with E-state index in [1.165, 1.54) is 0 Å². The molecule has 4 nitrogen and oxygen atoms in total. The summed E-state index contributed by atoms with van der Waals surface area (Å²) < 4.78 is 23.7. The summed E-state index contributed by atoms with van der Waals surface area (Å²) in [5.41, 5.74) is 1.41. The molecule has 5 heteroatoms. The van der Waals surface area contributed by atoms with Crippen LogP contribution in [0.4, 0.5) is 0 Å². The molecule has 0 aromatic heterocycles. The number of rotatable bonds is 3. The van der Waals surface area contributed by atoms with Crippen molar-refractivity contribution in [1.82, 2.24) is 0 Å². The maximum Gasteiger partial charge on any atom is 0.304 e. The van der Waals surface area contributed by atoms with Gasteiger partial charge in [-0.05, 0) is 36.5 Å². The molecule has 1 aromatic carbocycles. The van der Waals surface area contributed by atoms with Crippen LogP contribution in [0, 0.1) is 0 Å². The highest BCUT2D eigenvalue weighted by Gasteiger charge is 2.46. The van der Waals surface area contributed by atoms with Crippen LogP contribution in [0.2, 0.25) is 0 Å². The van der Waals surface area contributed by atoms with E-state index < -0.39 is 15.8 Å². The molecule has 3 rings (SSSR count). The van der Waals surface area contributed by atoms with Gasteiger partial charge in [-0.25, -0.2) is 8.42 Å². The Balaban J connectivity index is 2.04. The lowest BCUT2D eigenvalue weighted by Crippen LogP contribution is -2.13. The molecule has 1 saturated carbocycles. The molecule has 0 saturated heterocycles. The van der Waals surface area contributed by atoms with E-state index >= 15 is 0 Å². The van der Waals surface area contributed by atoms with E-state index in [-0.39, 0.29) is 17.6 Å². The van der Waals surface area contributed by atoms with Crippen molar-refractivity contribution >= 4 is 15.8 Å². The fourth-order valence-corrected chi connectivity index (χ4v) is 4.33. The van der Waals surface area contributed by atoms with Crippen LogP contribution >= 0.6 is 0 Å². The van der Waals surface area contributed by atoms with Crippen molar-refractivity contribution in [1.29, 1.82) is 0 Å². The summed E-state index contributed by atoms with van der Waals surface area (Å²) in [6.45, 7) is 0. The van der Waals surface area contributed by atoms with Gasteiger partial charge in [-0.2, -0.15) is 0 Å². The third kappa shape index (κ3) is 1.73. The molecule has 0 radical (unpaired) electrons. The molecule has 1 heterocycles. The Labute approximate surface area is 106 Å². The number of hydrogen-bond donors (Lipinski definition) is 1. The summed E-state index contributed by atoms with van der Waals surface area (Å²) in [7, 11) is -3.14. The van der Waals surface area contributed by atoms with Gasteiger partial charge in [0.15, 0.2) is 9.84 Å². The summed E-state index contributed by atoms with van der Waals surface area (Å²) in [6, 6.07) is 5.44. The summed E-state index contributed by atoms with van der Waals surface area (Å²) >= 11 is 0. The molecule has 0 amide bonds. The molecule has 18 heavy (non-hydrogen) atoms. The van der Waals surface area contributed by atoms with Gasteiger partial charge in [-0.1, -0.05) is 12.1 Å². The minimum atomic E-state index is -3.14. The highest BCUT2D eigenvalue weighted by Crippen LogP contribution is 2.51. The van der Waals surface area contributed by atoms with Gasteiger partial charge in [0.05, 0.1) is 17.1 Å². The van der Waals surface area contributed by atoms with Gasteiger partial charge < -0.3 is 5.11 Å². The Morgan fingerprint density at radius 2 is 2.06 bits per heavy atom. The number of sulfone groups is 1. The van der Waals surface area contributed by atoms with Crippen LogP contribution in [0.1, 0.15) is 30.4 Å². The summed E-state index contributed by atoms with van der Waals surface area (Å²) in [6.07, 6.45) is 2.33. The number of aryl methyl sites for hydroxylation is 1. The number of carbonyl (C=O) groups is 1. The molecule has 96 valence electrons. The lowest BCUT2D eigenvalue weighted by molar-refractivity contribution is -0.137. The zero-order valence-electron chi connectivity index (χ0n) is 9.85. The number of fused-ring (bicyclic) bond motifs is 1. The number of carboxylic acid groups (broad SMARTS) is 1. The SMILES string of the molecule is O=C(O)CC1(c2ccc3c(c2)S(=O)(=O)CC3)CC1. The van der Waals surface area contributed by atoms with E-state index in [2.05, 4.69) is 0 Å². The Hall–Kier alpha value is -1.36. The largest absolute Gasteiger partial charge is 0.481 e. The monoisotopic (exact) mass is 266 g/mol. The normalized spacial score (nSPS) is 22.4. The van der Waals surface area contributed by atoms with Crippen molar-refractivity contribution in [3.8, 4) is 0 Å². The Bertz CT molecular complexity index is 626. The highest BCUT2D eigenvalue weighted by atomic mass is 32.2. The third-order valence-electron chi connectivity index (χ3n) is 4.00. The second-order valence-electron chi connectivity index (χ2n) is 5.24. The average Bonchev–Trinajstić information content (AvgIpc) is 3.00. The standard InChI is InChI=1S/C13H14O4S/c14-12(15)8-13(4-5-13)10-2-1-9-3-6-18(16,17)11(9)7-10/h1-2,7H,3-6,8H2,(H,14,15). The number of aliphatic carboxylic acids is 1. The van der Waals surface area contributed by atoms with Gasteiger partial charge in [0, 0.05) is 5.41 Å². The first-order valence-electron chi connectivity index (χ1n) is 6.01. The lowest BCUT2D eigenvalue weighted by atomic mass is 9.91. The number of carboxylic acids is 1. The van der Waals surface area contributed by atoms with E-state index in [1.807, 2.05) is 12.1 Å². The molecule has 1 aliphatic heterocycles. The predicted molar refractivity (Wildman–Crippen MR) is 65.4 cm³/mol. The van der Waals surface area contributed by atoms with Crippen molar-refractivity contribution < 1.29 is 18.3 Å². The minimum Gasteiger partial charge on any atom is -0.481 e. The molecule has 0 atom stereocenters. The first-order valence-corrected chi connectivity index (χ1v) is 7.66. The Kier molecular flexibility index (Phi) is 2.32. The molecule has 1 aromatic rings. The molecule has 0 spiro atoms. The second kappa shape index (κ2) is 3.57. The minimum absolute atomic E-state index is 0.0891. The van der Waals surface area contributed by atoms with Crippen molar-refractivity contribution in [3.05, 3.63) is 29.3 Å². The maximum atomic E-state index is 11.9. The average molecular weight is 266 g/mol. The molecule has 0 unspecified atom stereocenters. The van der Waals surface area contributed by atoms with Crippen molar-refractivity contribution in [2.24, 2.45) is 0 Å². The zero-order chi connectivity index (χ0) is 13.0. The van der Waals surface area contributed by atoms with Gasteiger partial charge >= 0.3 is 5.97 Å². The summed E-state index contributed by atoms with van der Waals surface area (Å²) in [4.78, 5) is 11.3. The molecule has 2 aliphatic rings. The fraction of sp³-hybridized carbons (Fsp3) is 0.462. The fourth-order valence-electron chi connectivity index (χ4n) is 2.74. The second-order valence-corrected chi connectivity index (χ2v) is 7.32. The van der Waals surface area contributed by atoms with Gasteiger partial charge in [0.2, 0.25) is 0 Å². The summed E-state index contributed by atoms with van der Waals surface area (Å²) in [5.74, 6) is -0.645. The van der Waals surface area contributed by atoms with Crippen LogP contribution in [0.15, 0.2) is 23.1 Å². The van der Waals surface area contributed by atoms with Gasteiger partial charge in [0.1, 0.15) is 0 Å². The van der Waals surface area contributed by atoms with Gasteiger partial charge in [-0.15, -0.1) is 0 Å². The zero-order valence-corrected chi connectivity index (χ0v) is 10.7. The Morgan fingerprint density at radius 1 is 1.33 bits per heavy atom. The third-order valence-corrected chi connectivity index (χ3v) is 5.79. The van der Waals surface area contributed by atoms with Crippen molar-refractivity contribution in [2.45, 2.75) is 36.0 Å². The quantitative estimate of drug-likeness (QED) is 0.900. The van der Waals surface area contributed by atoms with E-state index in [4.69, 9.17) is 5.11 Å². The van der Waals surface area contributed by atoms with Gasteiger partial charge in [-0.3, -0.25) is 4.79 Å². The molecule has 0 bridgehead atoms. The van der Waals surface area contributed by atoms with E-state index in [0.717, 1.165) is 24.0 Å². The highest BCUT2D eigenvalue weighted by molar-refractivity contribution is 7.91. The van der Waals surface area contributed by atoms with Crippen LogP contribution in [0.3, 0.4) is 0 Å². The lowest BCUT2D eigenvalue weighted by Gasteiger charge is -2.14. The molecular formula is C13H14O4S. The number of benzene rings is 1. The van der Waals surface area contributed by atoms with E-state index in [9.17, 15) is 13.2 Å². The van der Waals surface area contributed by atoms with Crippen LogP contribution in [-0.4, -0.2) is 25.2 Å². The Morgan fingerprint density at radius 3 is 2.67 bits per heavy atom. The molecule has 1 fully saturated rings. The van der Waals surface area contributed by atoms with E-state index in [0.29, 0.717) is 11.3 Å². The van der Waals surface area contributed by atoms with Crippen molar-refractivity contribution in [2.75, 3.05) is 5.75 Å². The van der Waals surface area contributed by atoms with Gasteiger partial charge in [0.25, 0.3) is 0 Å². The first kappa shape index (κ1) is 11.7. The summed E-state index contributed by atoms with van der Waals surface area (Å²) in [5, 5.41) is 8.93. The van der Waals surface area contributed by atoms with E-state index in [1.54, 1.807) is 6.07 Å². The maximum absolute atomic E-state index is 11.9. The van der Waals surface area contributed by atoms with Crippen LogP contribution < -0.4 is 0 Å². The van der Waals surface area contributed by atoms with Crippen molar-refractivity contribution in [3.63, 3.8) is 0 Å². The first-order chi connectivity index (χ1) is 8.43. The van der Waals surface area contributed by atoms with Crippen LogP contribution in [0.25, 0.3) is 0 Å².